The molecule has 6 heteroatoms. The minimum Gasteiger partial charge on any atom is -0.307 e. The zero-order chi connectivity index (χ0) is 14.7. The van der Waals surface area contributed by atoms with E-state index in [1.54, 1.807) is 4.68 Å². The minimum atomic E-state index is 0.107. The normalized spacial score (nSPS) is 12.9. The van der Waals surface area contributed by atoms with Gasteiger partial charge in [0.1, 0.15) is 0 Å². The summed E-state index contributed by atoms with van der Waals surface area (Å²) in [4.78, 5) is 0. The Bertz CT molecular complexity index is 579. The van der Waals surface area contributed by atoms with E-state index in [0.29, 0.717) is 5.92 Å². The van der Waals surface area contributed by atoms with Crippen molar-refractivity contribution >= 4 is 15.9 Å². The zero-order valence-electron chi connectivity index (χ0n) is 12.3. The molecule has 20 heavy (non-hydrogen) atoms. The van der Waals surface area contributed by atoms with Crippen molar-refractivity contribution in [3.05, 3.63) is 34.1 Å². The maximum Gasteiger partial charge on any atom is 0.173 e. The molecule has 0 fully saturated rings. The van der Waals surface area contributed by atoms with Crippen molar-refractivity contribution < 1.29 is 0 Å². The lowest BCUT2D eigenvalue weighted by molar-refractivity contribution is 0.475. The molecule has 1 aromatic carbocycles. The number of tetrazole rings is 1. The van der Waals surface area contributed by atoms with Crippen LogP contribution in [0.25, 0.3) is 5.69 Å². The number of nitrogens with zero attached hydrogens (tertiary/aromatic N) is 4. The van der Waals surface area contributed by atoms with Crippen LogP contribution in [0.5, 0.6) is 0 Å². The second-order valence-electron chi connectivity index (χ2n) is 5.40. The first kappa shape index (κ1) is 15.1. The van der Waals surface area contributed by atoms with E-state index in [9.17, 15) is 0 Å². The first-order valence-corrected chi connectivity index (χ1v) is 7.56. The first-order valence-electron chi connectivity index (χ1n) is 6.77. The lowest BCUT2D eigenvalue weighted by Gasteiger charge is -2.16. The second-order valence-corrected chi connectivity index (χ2v) is 6.32. The summed E-state index contributed by atoms with van der Waals surface area (Å²) in [7, 11) is 0. The monoisotopic (exact) mass is 337 g/mol. The SMILES string of the molecule is Cc1cc(Br)ccc1-n1nnnc1C(C)NCC(C)C. The first-order chi connectivity index (χ1) is 9.49. The maximum absolute atomic E-state index is 4.16. The minimum absolute atomic E-state index is 0.107. The highest BCUT2D eigenvalue weighted by Gasteiger charge is 2.16. The van der Waals surface area contributed by atoms with E-state index in [-0.39, 0.29) is 6.04 Å². The lowest BCUT2D eigenvalue weighted by atomic mass is 10.2. The molecular weight excluding hydrogens is 318 g/mol. The molecule has 1 atom stereocenters. The third-order valence-electron chi connectivity index (χ3n) is 3.10. The highest BCUT2D eigenvalue weighted by molar-refractivity contribution is 9.10. The van der Waals surface area contributed by atoms with Crippen LogP contribution in [0.2, 0.25) is 0 Å². The molecular formula is C14H20BrN5. The van der Waals surface area contributed by atoms with Gasteiger partial charge in [-0.25, -0.2) is 0 Å². The Labute approximate surface area is 127 Å². The van der Waals surface area contributed by atoms with Crippen LogP contribution in [-0.4, -0.2) is 26.8 Å². The van der Waals surface area contributed by atoms with Gasteiger partial charge in [-0.05, 0) is 60.5 Å². The van der Waals surface area contributed by atoms with Gasteiger partial charge in [0.2, 0.25) is 0 Å². The summed E-state index contributed by atoms with van der Waals surface area (Å²) in [6.45, 7) is 9.44. The fraction of sp³-hybridized carbons (Fsp3) is 0.500. The molecule has 2 aromatic rings. The van der Waals surface area contributed by atoms with Gasteiger partial charge in [0.15, 0.2) is 5.82 Å². The number of nitrogens with one attached hydrogen (secondary N) is 1. The van der Waals surface area contributed by atoms with Gasteiger partial charge < -0.3 is 5.32 Å². The Hall–Kier alpha value is -1.27. The summed E-state index contributed by atoms with van der Waals surface area (Å²) in [5.74, 6) is 1.42. The van der Waals surface area contributed by atoms with Gasteiger partial charge in [0.25, 0.3) is 0 Å². The summed E-state index contributed by atoms with van der Waals surface area (Å²) < 4.78 is 2.86. The Morgan fingerprint density at radius 1 is 1.30 bits per heavy atom. The van der Waals surface area contributed by atoms with E-state index >= 15 is 0 Å². The number of rotatable bonds is 5. The highest BCUT2D eigenvalue weighted by Crippen LogP contribution is 2.21. The van der Waals surface area contributed by atoms with Crippen molar-refractivity contribution in [2.75, 3.05) is 6.54 Å². The molecule has 0 bridgehead atoms. The van der Waals surface area contributed by atoms with Crippen LogP contribution in [0.15, 0.2) is 22.7 Å². The van der Waals surface area contributed by atoms with Gasteiger partial charge in [-0.15, -0.1) is 5.10 Å². The molecule has 1 N–H and O–H groups in total. The summed E-state index contributed by atoms with van der Waals surface area (Å²) in [6.07, 6.45) is 0. The van der Waals surface area contributed by atoms with Gasteiger partial charge in [-0.1, -0.05) is 29.8 Å². The van der Waals surface area contributed by atoms with E-state index in [4.69, 9.17) is 0 Å². The molecule has 0 aliphatic heterocycles. The molecule has 108 valence electrons. The Morgan fingerprint density at radius 3 is 2.70 bits per heavy atom. The summed E-state index contributed by atoms with van der Waals surface area (Å²) in [5, 5.41) is 15.6. The molecule has 0 aliphatic rings. The molecule has 1 unspecified atom stereocenters. The average Bonchev–Trinajstić information content (AvgIpc) is 2.85. The summed E-state index contributed by atoms with van der Waals surface area (Å²) >= 11 is 3.47. The van der Waals surface area contributed by atoms with Crippen LogP contribution in [0.1, 0.15) is 38.2 Å². The van der Waals surface area contributed by atoms with Crippen molar-refractivity contribution in [2.45, 2.75) is 33.7 Å². The van der Waals surface area contributed by atoms with Gasteiger partial charge in [-0.2, -0.15) is 4.68 Å². The summed E-state index contributed by atoms with van der Waals surface area (Å²) in [6, 6.07) is 6.19. The second kappa shape index (κ2) is 6.45. The third kappa shape index (κ3) is 3.43. The van der Waals surface area contributed by atoms with Crippen LogP contribution < -0.4 is 5.32 Å². The number of halogens is 1. The maximum atomic E-state index is 4.16. The number of aromatic nitrogens is 4. The third-order valence-corrected chi connectivity index (χ3v) is 3.59. The average molecular weight is 338 g/mol. The van der Waals surface area contributed by atoms with Crippen LogP contribution in [0.4, 0.5) is 0 Å². The molecule has 0 saturated carbocycles. The Morgan fingerprint density at radius 2 is 2.05 bits per heavy atom. The smallest absolute Gasteiger partial charge is 0.173 e. The lowest BCUT2D eigenvalue weighted by Crippen LogP contribution is -2.26. The molecule has 0 radical (unpaired) electrons. The number of benzene rings is 1. The molecule has 0 amide bonds. The predicted molar refractivity (Wildman–Crippen MR) is 82.8 cm³/mol. The number of hydrogen-bond acceptors (Lipinski definition) is 4. The van der Waals surface area contributed by atoms with Crippen molar-refractivity contribution in [1.82, 2.24) is 25.5 Å². The van der Waals surface area contributed by atoms with Crippen molar-refractivity contribution in [2.24, 2.45) is 5.92 Å². The van der Waals surface area contributed by atoms with E-state index < -0.39 is 0 Å². The topological polar surface area (TPSA) is 55.6 Å². The zero-order valence-corrected chi connectivity index (χ0v) is 13.8. The molecule has 0 aliphatic carbocycles. The van der Waals surface area contributed by atoms with Crippen LogP contribution in [0.3, 0.4) is 0 Å². The van der Waals surface area contributed by atoms with Gasteiger partial charge in [0.05, 0.1) is 11.7 Å². The molecule has 2 rings (SSSR count). The van der Waals surface area contributed by atoms with Crippen molar-refractivity contribution in [1.29, 1.82) is 0 Å². The predicted octanol–water partition coefficient (Wildman–Crippen LogP) is 3.04. The van der Waals surface area contributed by atoms with E-state index in [0.717, 1.165) is 28.1 Å². The Balaban J connectivity index is 2.28. The van der Waals surface area contributed by atoms with Crippen LogP contribution in [-0.2, 0) is 0 Å². The quantitative estimate of drug-likeness (QED) is 0.910. The Kier molecular flexibility index (Phi) is 4.88. The molecule has 1 heterocycles. The van der Waals surface area contributed by atoms with E-state index in [2.05, 4.69) is 70.5 Å². The highest BCUT2D eigenvalue weighted by atomic mass is 79.9. The van der Waals surface area contributed by atoms with Crippen molar-refractivity contribution in [3.8, 4) is 5.69 Å². The standard InChI is InChI=1S/C14H20BrN5/c1-9(2)8-16-11(4)14-17-18-19-20(14)13-6-5-12(15)7-10(13)3/h5-7,9,11,16H,8H2,1-4H3. The molecule has 0 spiro atoms. The van der Waals surface area contributed by atoms with E-state index in [1.165, 1.54) is 0 Å². The molecule has 1 aromatic heterocycles. The largest absolute Gasteiger partial charge is 0.307 e. The number of hydrogen-bond donors (Lipinski definition) is 1. The fourth-order valence-electron chi connectivity index (χ4n) is 2.00. The van der Waals surface area contributed by atoms with Crippen LogP contribution >= 0.6 is 15.9 Å². The fourth-order valence-corrected chi connectivity index (χ4v) is 2.47. The molecule has 0 saturated heterocycles. The van der Waals surface area contributed by atoms with Gasteiger partial charge >= 0.3 is 0 Å². The van der Waals surface area contributed by atoms with Gasteiger partial charge in [0, 0.05) is 4.47 Å². The van der Waals surface area contributed by atoms with Crippen molar-refractivity contribution in [3.63, 3.8) is 0 Å². The van der Waals surface area contributed by atoms with E-state index in [1.807, 2.05) is 12.1 Å². The number of aryl methyl sites for hydroxylation is 1. The van der Waals surface area contributed by atoms with Crippen LogP contribution in [0, 0.1) is 12.8 Å². The summed E-state index contributed by atoms with van der Waals surface area (Å²) in [5.41, 5.74) is 2.13. The molecule has 5 nitrogen and oxygen atoms in total. The van der Waals surface area contributed by atoms with Gasteiger partial charge in [-0.3, -0.25) is 0 Å².